The molecule has 0 aliphatic heterocycles. The number of rotatable bonds is 16. The first-order chi connectivity index (χ1) is 19.6. The summed E-state index contributed by atoms with van der Waals surface area (Å²) in [6, 6.07) is 3.53. The Kier molecular flexibility index (Phi) is 11.8. The summed E-state index contributed by atoms with van der Waals surface area (Å²) in [6.45, 7) is 3.91. The Morgan fingerprint density at radius 1 is 0.976 bits per heavy atom. The summed E-state index contributed by atoms with van der Waals surface area (Å²) in [5.41, 5.74) is 8.35. The molecular formula is C28H39N7O5S. The Morgan fingerprint density at radius 2 is 1.66 bits per heavy atom. The van der Waals surface area contributed by atoms with Crippen molar-refractivity contribution in [1.82, 2.24) is 30.9 Å². The van der Waals surface area contributed by atoms with E-state index in [1.54, 1.807) is 6.20 Å². The molecule has 13 heteroatoms. The van der Waals surface area contributed by atoms with Crippen molar-refractivity contribution in [3.05, 3.63) is 54.2 Å². The third-order valence-corrected chi connectivity index (χ3v) is 7.28. The van der Waals surface area contributed by atoms with E-state index in [0.717, 1.165) is 16.5 Å². The molecule has 1 aromatic carbocycles. The highest BCUT2D eigenvalue weighted by molar-refractivity contribution is 7.98. The number of carboxylic acid groups (broad SMARTS) is 1. The Bertz CT molecular complexity index is 1310. The summed E-state index contributed by atoms with van der Waals surface area (Å²) in [5, 5.41) is 18.7. The second kappa shape index (κ2) is 15.2. The van der Waals surface area contributed by atoms with E-state index in [-0.39, 0.29) is 25.2 Å². The van der Waals surface area contributed by atoms with Gasteiger partial charge in [0.2, 0.25) is 17.7 Å². The van der Waals surface area contributed by atoms with Crippen molar-refractivity contribution in [1.29, 1.82) is 0 Å². The van der Waals surface area contributed by atoms with Crippen LogP contribution in [-0.2, 0) is 32.0 Å². The van der Waals surface area contributed by atoms with E-state index in [2.05, 4.69) is 30.9 Å². The zero-order valence-corrected chi connectivity index (χ0v) is 24.3. The number of hydrogen-bond donors (Lipinski definition) is 7. The van der Waals surface area contributed by atoms with Gasteiger partial charge in [0.1, 0.15) is 18.1 Å². The molecule has 2 heterocycles. The number of nitrogens with one attached hydrogen (secondary N) is 5. The summed E-state index contributed by atoms with van der Waals surface area (Å²) < 4.78 is 0. The van der Waals surface area contributed by atoms with Gasteiger partial charge in [0.25, 0.3) is 0 Å². The van der Waals surface area contributed by atoms with Crippen molar-refractivity contribution < 1.29 is 24.3 Å². The van der Waals surface area contributed by atoms with Crippen LogP contribution in [0, 0.1) is 5.92 Å². The minimum atomic E-state index is -1.23. The van der Waals surface area contributed by atoms with Crippen molar-refractivity contribution in [2.45, 2.75) is 63.7 Å². The number of carboxylic acids is 1. The van der Waals surface area contributed by atoms with E-state index in [9.17, 15) is 24.3 Å². The topological polar surface area (TPSA) is 195 Å². The van der Waals surface area contributed by atoms with Crippen LogP contribution >= 0.6 is 11.8 Å². The van der Waals surface area contributed by atoms with Crippen LogP contribution in [0.3, 0.4) is 0 Å². The molecule has 0 fully saturated rings. The van der Waals surface area contributed by atoms with Crippen LogP contribution in [0.5, 0.6) is 0 Å². The molecule has 8 N–H and O–H groups in total. The third kappa shape index (κ3) is 9.35. The highest BCUT2D eigenvalue weighted by atomic mass is 32.2. The minimum absolute atomic E-state index is 0.00272. The summed E-state index contributed by atoms with van der Waals surface area (Å²) in [6.07, 6.45) is 7.42. The van der Waals surface area contributed by atoms with Crippen LogP contribution < -0.4 is 21.7 Å². The summed E-state index contributed by atoms with van der Waals surface area (Å²) in [4.78, 5) is 61.6. The molecule has 3 rings (SSSR count). The number of thioether (sulfide) groups is 1. The number of aromatic amines is 2. The normalized spacial score (nSPS) is 14.3. The van der Waals surface area contributed by atoms with E-state index in [1.807, 2.05) is 44.4 Å². The highest BCUT2D eigenvalue weighted by Crippen LogP contribution is 2.19. The summed E-state index contributed by atoms with van der Waals surface area (Å²) in [7, 11) is 0. The van der Waals surface area contributed by atoms with Gasteiger partial charge >= 0.3 is 5.97 Å². The largest absolute Gasteiger partial charge is 0.480 e. The van der Waals surface area contributed by atoms with Crippen LogP contribution in [0.4, 0.5) is 0 Å². The number of nitrogens with two attached hydrogens (primary N) is 1. The zero-order valence-electron chi connectivity index (χ0n) is 23.5. The summed E-state index contributed by atoms with van der Waals surface area (Å²) >= 11 is 1.49. The Labute approximate surface area is 243 Å². The lowest BCUT2D eigenvalue weighted by molar-refractivity contribution is -0.142. The van der Waals surface area contributed by atoms with Crippen LogP contribution in [0.2, 0.25) is 0 Å². The number of aliphatic carboxylic acids is 1. The van der Waals surface area contributed by atoms with Gasteiger partial charge in [-0.3, -0.25) is 14.4 Å². The highest BCUT2D eigenvalue weighted by Gasteiger charge is 2.31. The lowest BCUT2D eigenvalue weighted by atomic mass is 10.0. The van der Waals surface area contributed by atoms with Gasteiger partial charge in [-0.15, -0.1) is 0 Å². The van der Waals surface area contributed by atoms with Crippen LogP contribution in [-0.4, -0.2) is 79.9 Å². The number of amides is 3. The monoisotopic (exact) mass is 585 g/mol. The van der Waals surface area contributed by atoms with Crippen LogP contribution in [0.1, 0.15) is 37.9 Å². The summed E-state index contributed by atoms with van der Waals surface area (Å²) in [5.74, 6) is -2.16. The minimum Gasteiger partial charge on any atom is -0.480 e. The van der Waals surface area contributed by atoms with E-state index >= 15 is 0 Å². The number of para-hydroxylation sites is 1. The van der Waals surface area contributed by atoms with Crippen LogP contribution in [0.25, 0.3) is 10.9 Å². The molecule has 3 aromatic rings. The predicted octanol–water partition coefficient (Wildman–Crippen LogP) is 1.34. The van der Waals surface area contributed by atoms with Crippen molar-refractivity contribution in [2.75, 3.05) is 12.0 Å². The number of aromatic nitrogens is 3. The molecular weight excluding hydrogens is 546 g/mol. The first-order valence-corrected chi connectivity index (χ1v) is 14.9. The Hall–Kier alpha value is -3.84. The van der Waals surface area contributed by atoms with E-state index in [1.165, 1.54) is 24.3 Å². The molecule has 0 bridgehead atoms. The maximum Gasteiger partial charge on any atom is 0.326 e. The number of fused-ring (bicyclic) bond motifs is 1. The second-order valence-electron chi connectivity index (χ2n) is 10.4. The molecule has 0 spiro atoms. The van der Waals surface area contributed by atoms with Gasteiger partial charge in [-0.1, -0.05) is 32.0 Å². The van der Waals surface area contributed by atoms with Crippen molar-refractivity contribution in [2.24, 2.45) is 11.7 Å². The van der Waals surface area contributed by atoms with Gasteiger partial charge in [0, 0.05) is 41.8 Å². The van der Waals surface area contributed by atoms with Crippen molar-refractivity contribution >= 4 is 46.4 Å². The fourth-order valence-corrected chi connectivity index (χ4v) is 4.96. The molecule has 4 unspecified atom stereocenters. The van der Waals surface area contributed by atoms with Gasteiger partial charge in [0.15, 0.2) is 0 Å². The van der Waals surface area contributed by atoms with E-state index in [4.69, 9.17) is 5.73 Å². The molecule has 12 nitrogen and oxygen atoms in total. The SMILES string of the molecule is CSCCC(NC(=O)C(Cc1c[nH]c2ccccc12)NC(=O)C(N)CC(C)C)C(=O)NC(Cc1cnc[nH]1)C(=O)O. The number of H-pyrrole nitrogens is 2. The molecule has 0 aliphatic carbocycles. The maximum atomic E-state index is 13.6. The molecule has 4 atom stereocenters. The predicted molar refractivity (Wildman–Crippen MR) is 158 cm³/mol. The first-order valence-electron chi connectivity index (χ1n) is 13.5. The molecule has 0 aliphatic rings. The quantitative estimate of drug-likeness (QED) is 0.131. The smallest absolute Gasteiger partial charge is 0.326 e. The zero-order chi connectivity index (χ0) is 29.9. The average molecular weight is 586 g/mol. The molecule has 0 saturated carbocycles. The molecule has 0 radical (unpaired) electrons. The molecule has 0 saturated heterocycles. The number of carbonyl (C=O) groups is 4. The number of benzene rings is 1. The number of nitrogens with zero attached hydrogens (tertiary/aromatic N) is 1. The third-order valence-electron chi connectivity index (χ3n) is 6.63. The van der Waals surface area contributed by atoms with Crippen LogP contribution in [0.15, 0.2) is 43.0 Å². The average Bonchev–Trinajstić information content (AvgIpc) is 3.59. The number of carbonyl (C=O) groups excluding carboxylic acids is 3. The van der Waals surface area contributed by atoms with Gasteiger partial charge in [-0.2, -0.15) is 11.8 Å². The van der Waals surface area contributed by atoms with Crippen molar-refractivity contribution in [3.8, 4) is 0 Å². The Morgan fingerprint density at radius 3 is 2.32 bits per heavy atom. The standard InChI is InChI=1S/C28H39N7O5S/c1-16(2)10-20(29)25(36)34-23(11-17-13-31-21-7-5-4-6-19(17)21)27(38)33-22(8-9-41-3)26(37)35-24(28(39)40)12-18-14-30-15-32-18/h4-7,13-16,20,22-24,31H,8-12,29H2,1-3H3,(H,30,32)(H,33,38)(H,34,36)(H,35,37)(H,39,40). The fraction of sp³-hybridized carbons (Fsp3) is 0.464. The molecule has 41 heavy (non-hydrogen) atoms. The van der Waals surface area contributed by atoms with E-state index < -0.39 is 47.9 Å². The van der Waals surface area contributed by atoms with E-state index in [0.29, 0.717) is 17.9 Å². The number of hydrogen-bond acceptors (Lipinski definition) is 7. The lowest BCUT2D eigenvalue weighted by Crippen LogP contribution is -2.58. The molecule has 2 aromatic heterocycles. The second-order valence-corrected chi connectivity index (χ2v) is 11.4. The van der Waals surface area contributed by atoms with Gasteiger partial charge in [0.05, 0.1) is 12.4 Å². The van der Waals surface area contributed by atoms with Gasteiger partial charge in [-0.05, 0) is 42.4 Å². The fourth-order valence-electron chi connectivity index (χ4n) is 4.49. The lowest BCUT2D eigenvalue weighted by Gasteiger charge is -2.25. The maximum absolute atomic E-state index is 13.6. The first kappa shape index (κ1) is 31.7. The number of imidazole rings is 1. The molecule has 222 valence electrons. The Balaban J connectivity index is 1.80. The van der Waals surface area contributed by atoms with Gasteiger partial charge < -0.3 is 36.8 Å². The van der Waals surface area contributed by atoms with Crippen molar-refractivity contribution in [3.63, 3.8) is 0 Å². The molecule has 3 amide bonds. The van der Waals surface area contributed by atoms with Gasteiger partial charge in [-0.25, -0.2) is 9.78 Å².